The summed E-state index contributed by atoms with van der Waals surface area (Å²) in [6.45, 7) is 13.0. The van der Waals surface area contributed by atoms with Crippen LogP contribution >= 0.6 is 0 Å². The Labute approximate surface area is 158 Å². The first-order valence-corrected chi connectivity index (χ1v) is 9.62. The number of Topliss-reactive ketones (excluding diaryl/α,β-unsaturated/α-hetero) is 1. The molecule has 7 atom stereocenters. The molecule has 0 radical (unpaired) electrons. The quantitative estimate of drug-likeness (QED) is 0.430. The summed E-state index contributed by atoms with van der Waals surface area (Å²) in [7, 11) is 1.31. The van der Waals surface area contributed by atoms with Crippen LogP contribution in [0.15, 0.2) is 11.6 Å². The lowest BCUT2D eigenvalue weighted by molar-refractivity contribution is -0.149. The Balaban J connectivity index is 4.88. The average Bonchev–Trinajstić information content (AvgIpc) is 2.62. The number of esters is 1. The van der Waals surface area contributed by atoms with Crippen LogP contribution in [0.3, 0.4) is 0 Å². The Morgan fingerprint density at radius 2 is 1.46 bits per heavy atom. The first-order valence-electron chi connectivity index (χ1n) is 9.62. The molecular weight excluding hydrogens is 332 g/mol. The van der Waals surface area contributed by atoms with Crippen molar-refractivity contribution in [3.05, 3.63) is 11.6 Å². The summed E-state index contributed by atoms with van der Waals surface area (Å²) in [5.74, 6) is -1.76. The lowest BCUT2D eigenvalue weighted by atomic mass is 9.83. The van der Waals surface area contributed by atoms with Crippen LogP contribution in [0.4, 0.5) is 0 Å². The Bertz CT molecular complexity index is 485. The van der Waals surface area contributed by atoms with Gasteiger partial charge in [0.05, 0.1) is 25.2 Å². The molecule has 5 heteroatoms. The number of rotatable bonds is 11. The van der Waals surface area contributed by atoms with Gasteiger partial charge in [0.2, 0.25) is 0 Å². The zero-order chi connectivity index (χ0) is 20.6. The van der Waals surface area contributed by atoms with E-state index < -0.39 is 30.0 Å². The van der Waals surface area contributed by atoms with Gasteiger partial charge >= 0.3 is 5.97 Å². The van der Waals surface area contributed by atoms with E-state index in [1.807, 2.05) is 40.7 Å². The summed E-state index contributed by atoms with van der Waals surface area (Å²) in [6, 6.07) is 0. The first-order chi connectivity index (χ1) is 12.0. The lowest BCUT2D eigenvalue weighted by Gasteiger charge is -2.25. The van der Waals surface area contributed by atoms with E-state index in [4.69, 9.17) is 0 Å². The molecule has 7 unspecified atom stereocenters. The number of aliphatic hydroxyl groups is 2. The van der Waals surface area contributed by atoms with E-state index in [1.165, 1.54) is 7.11 Å². The van der Waals surface area contributed by atoms with E-state index in [2.05, 4.69) is 4.74 Å². The molecule has 0 bridgehead atoms. The first kappa shape index (κ1) is 24.8. The van der Waals surface area contributed by atoms with Gasteiger partial charge in [0.1, 0.15) is 5.78 Å². The van der Waals surface area contributed by atoms with E-state index in [0.717, 1.165) is 12.0 Å². The smallest absolute Gasteiger partial charge is 0.311 e. The monoisotopic (exact) mass is 370 g/mol. The molecule has 0 aromatic rings. The zero-order valence-corrected chi connectivity index (χ0v) is 17.7. The van der Waals surface area contributed by atoms with Crippen LogP contribution in [0.1, 0.15) is 61.3 Å². The van der Waals surface area contributed by atoms with Crippen molar-refractivity contribution in [1.82, 2.24) is 0 Å². The second kappa shape index (κ2) is 11.5. The molecule has 0 amide bonds. The summed E-state index contributed by atoms with van der Waals surface area (Å²) in [4.78, 5) is 24.1. The molecule has 5 nitrogen and oxygen atoms in total. The van der Waals surface area contributed by atoms with Crippen molar-refractivity contribution >= 4 is 11.8 Å². The fourth-order valence-corrected chi connectivity index (χ4v) is 3.34. The molecule has 0 heterocycles. The van der Waals surface area contributed by atoms with Crippen molar-refractivity contribution in [2.45, 2.75) is 73.5 Å². The summed E-state index contributed by atoms with van der Waals surface area (Å²) in [5.41, 5.74) is 0.986. The van der Waals surface area contributed by atoms with Crippen LogP contribution in [0.25, 0.3) is 0 Å². The number of methoxy groups -OCH3 is 1. The maximum atomic E-state index is 12.6. The minimum Gasteiger partial charge on any atom is -0.469 e. The van der Waals surface area contributed by atoms with Gasteiger partial charge in [0.15, 0.2) is 0 Å². The van der Waals surface area contributed by atoms with Gasteiger partial charge in [-0.3, -0.25) is 9.59 Å². The van der Waals surface area contributed by atoms with E-state index >= 15 is 0 Å². The largest absolute Gasteiger partial charge is 0.469 e. The average molecular weight is 371 g/mol. The maximum Gasteiger partial charge on any atom is 0.311 e. The van der Waals surface area contributed by atoms with Crippen molar-refractivity contribution in [3.8, 4) is 0 Å². The Morgan fingerprint density at radius 1 is 0.962 bits per heavy atom. The molecule has 0 aliphatic rings. The third kappa shape index (κ3) is 7.20. The van der Waals surface area contributed by atoms with E-state index in [9.17, 15) is 19.8 Å². The second-order valence-electron chi connectivity index (χ2n) is 7.85. The molecule has 0 spiro atoms. The minimum atomic E-state index is -0.803. The van der Waals surface area contributed by atoms with E-state index in [-0.39, 0.29) is 23.5 Å². The summed E-state index contributed by atoms with van der Waals surface area (Å²) in [6.07, 6.45) is 1.88. The standard InChI is InChI=1S/C21H38O5/c1-9-13(3)18(22)16(6)19(23)14(4)10-12(2)11-15(5)20(24)17(7)21(25)26-8/h10,13-18,20,22,24H,9,11H2,1-8H3. The molecule has 0 aromatic carbocycles. The van der Waals surface area contributed by atoms with Gasteiger partial charge in [-0.05, 0) is 32.1 Å². The van der Waals surface area contributed by atoms with Crippen LogP contribution in [0.5, 0.6) is 0 Å². The number of aliphatic hydroxyl groups excluding tert-OH is 2. The van der Waals surface area contributed by atoms with Crippen LogP contribution in [0, 0.1) is 29.6 Å². The molecular formula is C21H38O5. The maximum absolute atomic E-state index is 12.6. The molecule has 152 valence electrons. The predicted octanol–water partition coefficient (Wildman–Crippen LogP) is 3.38. The third-order valence-corrected chi connectivity index (χ3v) is 5.48. The molecule has 2 N–H and O–H groups in total. The SMILES string of the molecule is CCC(C)C(O)C(C)C(=O)C(C)C=C(C)CC(C)C(O)C(C)C(=O)OC. The number of hydrogen-bond donors (Lipinski definition) is 2. The zero-order valence-electron chi connectivity index (χ0n) is 17.7. The number of carbonyl (C=O) groups excluding carboxylic acids is 2. The third-order valence-electron chi connectivity index (χ3n) is 5.48. The fourth-order valence-electron chi connectivity index (χ4n) is 3.34. The summed E-state index contributed by atoms with van der Waals surface area (Å²) >= 11 is 0. The molecule has 26 heavy (non-hydrogen) atoms. The Kier molecular flexibility index (Phi) is 11.0. The predicted molar refractivity (Wildman–Crippen MR) is 104 cm³/mol. The number of hydrogen-bond acceptors (Lipinski definition) is 5. The summed E-state index contributed by atoms with van der Waals surface area (Å²) < 4.78 is 4.68. The lowest BCUT2D eigenvalue weighted by Crippen LogP contribution is -2.34. The topological polar surface area (TPSA) is 83.8 Å². The highest BCUT2D eigenvalue weighted by atomic mass is 16.5. The normalized spacial score (nSPS) is 20.5. The van der Waals surface area contributed by atoms with Gasteiger partial charge in [-0.2, -0.15) is 0 Å². The molecule has 0 saturated carbocycles. The Morgan fingerprint density at radius 3 is 1.92 bits per heavy atom. The number of allylic oxidation sites excluding steroid dienone is 2. The minimum absolute atomic E-state index is 0.0216. The van der Waals surface area contributed by atoms with Gasteiger partial charge in [0, 0.05) is 11.8 Å². The van der Waals surface area contributed by atoms with Crippen LogP contribution < -0.4 is 0 Å². The van der Waals surface area contributed by atoms with Gasteiger partial charge in [-0.25, -0.2) is 0 Å². The van der Waals surface area contributed by atoms with Crippen LogP contribution in [0.2, 0.25) is 0 Å². The molecule has 0 fully saturated rings. The van der Waals surface area contributed by atoms with Crippen molar-refractivity contribution < 1.29 is 24.5 Å². The van der Waals surface area contributed by atoms with E-state index in [1.54, 1.807) is 13.8 Å². The highest BCUT2D eigenvalue weighted by molar-refractivity contribution is 5.85. The van der Waals surface area contributed by atoms with E-state index in [0.29, 0.717) is 6.42 Å². The molecule has 0 aliphatic carbocycles. The molecule has 0 aliphatic heterocycles. The molecule has 0 rings (SSSR count). The van der Waals surface area contributed by atoms with Crippen LogP contribution in [-0.2, 0) is 14.3 Å². The number of ether oxygens (including phenoxy) is 1. The highest BCUT2D eigenvalue weighted by Gasteiger charge is 2.29. The van der Waals surface area contributed by atoms with Gasteiger partial charge in [0.25, 0.3) is 0 Å². The molecule has 0 aromatic heterocycles. The van der Waals surface area contributed by atoms with Crippen molar-refractivity contribution in [1.29, 1.82) is 0 Å². The van der Waals surface area contributed by atoms with Crippen molar-refractivity contribution in [2.75, 3.05) is 7.11 Å². The fraction of sp³-hybridized carbons (Fsp3) is 0.810. The van der Waals surface area contributed by atoms with Crippen molar-refractivity contribution in [3.63, 3.8) is 0 Å². The number of ketones is 1. The van der Waals surface area contributed by atoms with Gasteiger partial charge < -0.3 is 14.9 Å². The Hall–Kier alpha value is -1.20. The van der Waals surface area contributed by atoms with Gasteiger partial charge in [-0.1, -0.05) is 52.7 Å². The highest BCUT2D eigenvalue weighted by Crippen LogP contribution is 2.24. The van der Waals surface area contributed by atoms with Crippen molar-refractivity contribution in [2.24, 2.45) is 29.6 Å². The summed E-state index contributed by atoms with van der Waals surface area (Å²) in [5, 5.41) is 20.6. The van der Waals surface area contributed by atoms with Crippen LogP contribution in [-0.4, -0.2) is 41.3 Å². The molecule has 0 saturated heterocycles. The number of carbonyl (C=O) groups is 2. The van der Waals surface area contributed by atoms with Gasteiger partial charge in [-0.15, -0.1) is 0 Å². The second-order valence-corrected chi connectivity index (χ2v) is 7.85.